The number of benzene rings is 2. The molecule has 0 amide bonds. The predicted molar refractivity (Wildman–Crippen MR) is 73.4 cm³/mol. The summed E-state index contributed by atoms with van der Waals surface area (Å²) in [6, 6.07) is 11.9. The standard InChI is InChI=1S/C13H11ClO5S/c14-12-6-1-2-7-13(12)20(16,17)19-11-5-3-4-10(8-11)18-9-15/h1-8,15H,9H2. The van der Waals surface area contributed by atoms with E-state index in [-0.39, 0.29) is 15.7 Å². The van der Waals surface area contributed by atoms with Gasteiger partial charge in [-0.15, -0.1) is 0 Å². The topological polar surface area (TPSA) is 72.8 Å². The van der Waals surface area contributed by atoms with Crippen molar-refractivity contribution < 1.29 is 22.4 Å². The number of aliphatic hydroxyl groups is 1. The molecule has 0 aromatic heterocycles. The lowest BCUT2D eigenvalue weighted by molar-refractivity contribution is 0.0984. The van der Waals surface area contributed by atoms with Crippen molar-refractivity contribution in [3.63, 3.8) is 0 Å². The third-order valence-electron chi connectivity index (χ3n) is 2.35. The normalized spacial score (nSPS) is 11.1. The zero-order valence-electron chi connectivity index (χ0n) is 10.2. The number of aliphatic hydroxyl groups excluding tert-OH is 1. The van der Waals surface area contributed by atoms with Gasteiger partial charge in [0.05, 0.1) is 5.02 Å². The smallest absolute Gasteiger partial charge is 0.340 e. The van der Waals surface area contributed by atoms with Crippen LogP contribution in [0.5, 0.6) is 11.5 Å². The number of halogens is 1. The van der Waals surface area contributed by atoms with Gasteiger partial charge >= 0.3 is 10.1 Å². The molecular weight excluding hydrogens is 304 g/mol. The van der Waals surface area contributed by atoms with E-state index in [1.165, 1.54) is 24.3 Å². The van der Waals surface area contributed by atoms with Gasteiger partial charge < -0.3 is 14.0 Å². The Labute approximate surface area is 121 Å². The Morgan fingerprint density at radius 3 is 2.45 bits per heavy atom. The molecule has 1 N–H and O–H groups in total. The molecule has 20 heavy (non-hydrogen) atoms. The monoisotopic (exact) mass is 314 g/mol. The summed E-state index contributed by atoms with van der Waals surface area (Å²) in [5.41, 5.74) is 0. The van der Waals surface area contributed by atoms with Crippen molar-refractivity contribution in [2.24, 2.45) is 0 Å². The minimum atomic E-state index is -4.03. The van der Waals surface area contributed by atoms with Crippen LogP contribution in [0.2, 0.25) is 5.02 Å². The lowest BCUT2D eigenvalue weighted by Gasteiger charge is -2.09. The molecule has 106 valence electrons. The molecule has 0 saturated carbocycles. The van der Waals surface area contributed by atoms with Gasteiger partial charge in [0, 0.05) is 6.07 Å². The van der Waals surface area contributed by atoms with E-state index >= 15 is 0 Å². The van der Waals surface area contributed by atoms with Crippen LogP contribution in [0.4, 0.5) is 0 Å². The highest BCUT2D eigenvalue weighted by atomic mass is 35.5. The van der Waals surface area contributed by atoms with E-state index in [1.807, 2.05) is 0 Å². The first-order valence-corrected chi connectivity index (χ1v) is 7.34. The minimum absolute atomic E-state index is 0.0656. The van der Waals surface area contributed by atoms with Gasteiger partial charge in [-0.2, -0.15) is 8.42 Å². The highest BCUT2D eigenvalue weighted by molar-refractivity contribution is 7.87. The average Bonchev–Trinajstić information content (AvgIpc) is 2.39. The first kappa shape index (κ1) is 14.6. The van der Waals surface area contributed by atoms with Crippen LogP contribution in [0.25, 0.3) is 0 Å². The molecule has 0 atom stereocenters. The molecular formula is C13H11ClO5S. The molecule has 2 aromatic carbocycles. The fourth-order valence-electron chi connectivity index (χ4n) is 1.51. The van der Waals surface area contributed by atoms with E-state index in [2.05, 4.69) is 0 Å². The van der Waals surface area contributed by atoms with Crippen LogP contribution in [0, 0.1) is 0 Å². The van der Waals surface area contributed by atoms with Gasteiger partial charge in [-0.1, -0.05) is 29.8 Å². The molecule has 0 bridgehead atoms. The Hall–Kier alpha value is -1.76. The summed E-state index contributed by atoms with van der Waals surface area (Å²) >= 11 is 5.84. The molecule has 0 unspecified atom stereocenters. The summed E-state index contributed by atoms with van der Waals surface area (Å²) in [5, 5.41) is 8.74. The highest BCUT2D eigenvalue weighted by Gasteiger charge is 2.20. The summed E-state index contributed by atoms with van der Waals surface area (Å²) in [7, 11) is -4.03. The average molecular weight is 315 g/mol. The summed E-state index contributed by atoms with van der Waals surface area (Å²) < 4.78 is 34.0. The van der Waals surface area contributed by atoms with E-state index in [9.17, 15) is 8.42 Å². The second-order valence-electron chi connectivity index (χ2n) is 3.72. The van der Waals surface area contributed by atoms with Crippen LogP contribution in [0.15, 0.2) is 53.4 Å². The van der Waals surface area contributed by atoms with Gasteiger partial charge in [-0.3, -0.25) is 0 Å². The van der Waals surface area contributed by atoms with Gasteiger partial charge in [0.15, 0.2) is 6.79 Å². The maximum atomic E-state index is 12.1. The van der Waals surface area contributed by atoms with E-state index in [0.717, 1.165) is 0 Å². The molecule has 0 fully saturated rings. The summed E-state index contributed by atoms with van der Waals surface area (Å²) in [5.74, 6) is 0.357. The van der Waals surface area contributed by atoms with Crippen molar-refractivity contribution >= 4 is 21.7 Å². The third-order valence-corrected chi connectivity index (χ3v) is 4.10. The van der Waals surface area contributed by atoms with Crippen LogP contribution in [-0.4, -0.2) is 20.3 Å². The number of ether oxygens (including phenoxy) is 1. The molecule has 0 aliphatic carbocycles. The maximum Gasteiger partial charge on any atom is 0.340 e. The Morgan fingerprint density at radius 2 is 1.75 bits per heavy atom. The summed E-state index contributed by atoms with van der Waals surface area (Å²) in [6.45, 7) is -0.513. The first-order valence-electron chi connectivity index (χ1n) is 5.55. The molecule has 2 aromatic rings. The Bertz CT molecular complexity index is 699. The quantitative estimate of drug-likeness (QED) is 0.678. The fourth-order valence-corrected chi connectivity index (χ4v) is 2.93. The molecule has 0 saturated heterocycles. The van der Waals surface area contributed by atoms with Crippen LogP contribution in [0.1, 0.15) is 0 Å². The first-order chi connectivity index (χ1) is 9.53. The number of hydrogen-bond acceptors (Lipinski definition) is 5. The van der Waals surface area contributed by atoms with E-state index < -0.39 is 16.9 Å². The van der Waals surface area contributed by atoms with E-state index in [1.54, 1.807) is 24.3 Å². The van der Waals surface area contributed by atoms with Crippen molar-refractivity contribution in [3.05, 3.63) is 53.6 Å². The molecule has 7 heteroatoms. The Kier molecular flexibility index (Phi) is 4.49. The van der Waals surface area contributed by atoms with Crippen LogP contribution >= 0.6 is 11.6 Å². The lowest BCUT2D eigenvalue weighted by atomic mass is 10.3. The molecule has 0 radical (unpaired) electrons. The molecule has 0 spiro atoms. The second kappa shape index (κ2) is 6.13. The zero-order chi connectivity index (χ0) is 14.6. The summed E-state index contributed by atoms with van der Waals surface area (Å²) in [6.07, 6.45) is 0. The van der Waals surface area contributed by atoms with Crippen molar-refractivity contribution in [1.82, 2.24) is 0 Å². The van der Waals surface area contributed by atoms with Crippen molar-refractivity contribution in [1.29, 1.82) is 0 Å². The zero-order valence-corrected chi connectivity index (χ0v) is 11.8. The molecule has 0 heterocycles. The van der Waals surface area contributed by atoms with Gasteiger partial charge in [0.25, 0.3) is 0 Å². The molecule has 0 aliphatic heterocycles. The SMILES string of the molecule is O=S(=O)(Oc1cccc(OCO)c1)c1ccccc1Cl. The third kappa shape index (κ3) is 3.41. The Morgan fingerprint density at radius 1 is 1.05 bits per heavy atom. The van der Waals surface area contributed by atoms with Crippen molar-refractivity contribution in [2.45, 2.75) is 4.90 Å². The minimum Gasteiger partial charge on any atom is -0.468 e. The highest BCUT2D eigenvalue weighted by Crippen LogP contribution is 2.26. The number of hydrogen-bond donors (Lipinski definition) is 1. The van der Waals surface area contributed by atoms with Gasteiger partial charge in [0.1, 0.15) is 16.4 Å². The largest absolute Gasteiger partial charge is 0.468 e. The predicted octanol–water partition coefficient (Wildman–Crippen LogP) is 2.44. The van der Waals surface area contributed by atoms with Crippen LogP contribution < -0.4 is 8.92 Å². The summed E-state index contributed by atoms with van der Waals surface area (Å²) in [4.78, 5) is -0.116. The molecule has 0 aliphatic rings. The van der Waals surface area contributed by atoms with Crippen molar-refractivity contribution in [2.75, 3.05) is 6.79 Å². The van der Waals surface area contributed by atoms with Gasteiger partial charge in [0.2, 0.25) is 0 Å². The van der Waals surface area contributed by atoms with E-state index in [4.69, 9.17) is 25.6 Å². The van der Waals surface area contributed by atoms with Crippen LogP contribution in [-0.2, 0) is 10.1 Å². The fraction of sp³-hybridized carbons (Fsp3) is 0.0769. The van der Waals surface area contributed by atoms with Crippen molar-refractivity contribution in [3.8, 4) is 11.5 Å². The lowest BCUT2D eigenvalue weighted by Crippen LogP contribution is -2.10. The van der Waals surface area contributed by atoms with Crippen LogP contribution in [0.3, 0.4) is 0 Å². The van der Waals surface area contributed by atoms with E-state index in [0.29, 0.717) is 5.75 Å². The molecule has 2 rings (SSSR count). The second-order valence-corrected chi connectivity index (χ2v) is 5.64. The van der Waals surface area contributed by atoms with Gasteiger partial charge in [-0.25, -0.2) is 0 Å². The van der Waals surface area contributed by atoms with Gasteiger partial charge in [-0.05, 0) is 24.3 Å². The maximum absolute atomic E-state index is 12.1. The molecule has 5 nitrogen and oxygen atoms in total. The Balaban J connectivity index is 2.29. The number of rotatable bonds is 5.